The maximum atomic E-state index is 5.97. The maximum absolute atomic E-state index is 5.97. The van der Waals surface area contributed by atoms with Gasteiger partial charge < -0.3 is 5.73 Å². The molecule has 0 aliphatic rings. The van der Waals surface area contributed by atoms with E-state index in [0.29, 0.717) is 11.6 Å². The molecule has 0 bridgehead atoms. The van der Waals surface area contributed by atoms with Gasteiger partial charge in [-0.3, -0.25) is 4.68 Å². The number of hydrogen-bond donors (Lipinski definition) is 1. The number of rotatable bonds is 5. The predicted octanol–water partition coefficient (Wildman–Crippen LogP) is 2.89. The number of aromatic nitrogens is 4. The van der Waals surface area contributed by atoms with E-state index in [4.69, 9.17) is 5.73 Å². The Labute approximate surface area is 126 Å². The molecule has 0 saturated carbocycles. The molecule has 6 heteroatoms. The molecule has 0 atom stereocenters. The molecule has 0 aromatic carbocycles. The Hall–Kier alpha value is -1.18. The Morgan fingerprint density at radius 3 is 2.74 bits per heavy atom. The van der Waals surface area contributed by atoms with Crippen molar-refractivity contribution in [2.24, 2.45) is 0 Å². The number of nitrogens with two attached hydrogens (primary N) is 1. The molecule has 0 unspecified atom stereocenters. The Bertz CT molecular complexity index is 564. The summed E-state index contributed by atoms with van der Waals surface area (Å²) in [6.45, 7) is 5.16. The molecule has 2 rings (SSSR count). The first-order chi connectivity index (χ1) is 9.15. The maximum Gasteiger partial charge on any atom is 0.165 e. The number of hydrogen-bond acceptors (Lipinski definition) is 4. The van der Waals surface area contributed by atoms with Gasteiger partial charge in [-0.25, -0.2) is 9.97 Å². The smallest absolute Gasteiger partial charge is 0.165 e. The summed E-state index contributed by atoms with van der Waals surface area (Å²) in [6, 6.07) is 0. The van der Waals surface area contributed by atoms with Crippen LogP contribution in [-0.4, -0.2) is 19.7 Å². The average Bonchev–Trinajstić information content (AvgIpc) is 2.84. The van der Waals surface area contributed by atoms with Crippen molar-refractivity contribution in [1.82, 2.24) is 19.7 Å². The molecule has 2 aromatic rings. The van der Waals surface area contributed by atoms with Crippen LogP contribution in [0.25, 0.3) is 11.4 Å². The van der Waals surface area contributed by atoms with E-state index in [0.717, 1.165) is 40.6 Å². The minimum absolute atomic E-state index is 0.553. The van der Waals surface area contributed by atoms with Crippen LogP contribution in [0.15, 0.2) is 12.4 Å². The third-order valence-electron chi connectivity index (χ3n) is 2.78. The van der Waals surface area contributed by atoms with Crippen molar-refractivity contribution in [3.05, 3.63) is 21.7 Å². The zero-order chi connectivity index (χ0) is 13.8. The average molecular weight is 371 g/mol. The second-order valence-corrected chi connectivity index (χ2v) is 5.51. The van der Waals surface area contributed by atoms with Gasteiger partial charge in [0.15, 0.2) is 5.82 Å². The topological polar surface area (TPSA) is 69.6 Å². The van der Waals surface area contributed by atoms with Crippen molar-refractivity contribution in [3.8, 4) is 11.4 Å². The number of nitrogens with zero attached hydrogens (tertiary/aromatic N) is 4. The van der Waals surface area contributed by atoms with E-state index in [2.05, 4.69) is 51.5 Å². The highest BCUT2D eigenvalue weighted by molar-refractivity contribution is 14.1. The van der Waals surface area contributed by atoms with Crippen molar-refractivity contribution < 1.29 is 0 Å². The number of anilines is 1. The number of aryl methyl sites for hydroxylation is 2. The first-order valence-electron chi connectivity index (χ1n) is 6.50. The van der Waals surface area contributed by atoms with Gasteiger partial charge in [-0.2, -0.15) is 5.10 Å². The van der Waals surface area contributed by atoms with E-state index >= 15 is 0 Å². The molecule has 5 nitrogen and oxygen atoms in total. The normalized spacial score (nSPS) is 10.9. The van der Waals surface area contributed by atoms with Crippen molar-refractivity contribution in [2.45, 2.75) is 39.7 Å². The van der Waals surface area contributed by atoms with Crippen LogP contribution in [-0.2, 0) is 13.0 Å². The summed E-state index contributed by atoms with van der Waals surface area (Å²) in [5.41, 5.74) is 7.92. The lowest BCUT2D eigenvalue weighted by Gasteiger charge is -2.07. The number of nitrogen functional groups attached to an aromatic ring is 1. The fraction of sp³-hybridized carbons (Fsp3) is 0.462. The van der Waals surface area contributed by atoms with Crippen LogP contribution in [0.2, 0.25) is 0 Å². The summed E-state index contributed by atoms with van der Waals surface area (Å²) < 4.78 is 2.87. The Morgan fingerprint density at radius 1 is 1.26 bits per heavy atom. The lowest BCUT2D eigenvalue weighted by Crippen LogP contribution is -2.04. The van der Waals surface area contributed by atoms with Crippen molar-refractivity contribution in [3.63, 3.8) is 0 Å². The molecule has 2 N–H and O–H groups in total. The van der Waals surface area contributed by atoms with E-state index in [-0.39, 0.29) is 0 Å². The third-order valence-corrected chi connectivity index (χ3v) is 3.95. The number of halogens is 1. The summed E-state index contributed by atoms with van der Waals surface area (Å²) >= 11 is 2.21. The first kappa shape index (κ1) is 14.2. The summed E-state index contributed by atoms with van der Waals surface area (Å²) in [5.74, 6) is 1.22. The minimum Gasteiger partial charge on any atom is -0.383 e. The summed E-state index contributed by atoms with van der Waals surface area (Å²) in [4.78, 5) is 8.98. The van der Waals surface area contributed by atoms with Crippen LogP contribution < -0.4 is 5.73 Å². The fourth-order valence-electron chi connectivity index (χ4n) is 1.87. The lowest BCUT2D eigenvalue weighted by atomic mass is 10.2. The molecule has 2 heterocycles. The van der Waals surface area contributed by atoms with Crippen LogP contribution in [0.5, 0.6) is 0 Å². The van der Waals surface area contributed by atoms with Crippen molar-refractivity contribution in [1.29, 1.82) is 0 Å². The molecule has 2 aromatic heterocycles. The van der Waals surface area contributed by atoms with Crippen LogP contribution >= 0.6 is 22.6 Å². The standard InChI is InChI=1S/C13H18IN5/c1-3-5-10-11(14)12(15)18-13(17-10)9-7-16-19(8-9)6-4-2/h7-8H,3-6H2,1-2H3,(H2,15,17,18). The zero-order valence-electron chi connectivity index (χ0n) is 11.2. The highest BCUT2D eigenvalue weighted by Gasteiger charge is 2.12. The molecule has 102 valence electrons. The van der Waals surface area contributed by atoms with Gasteiger partial charge in [-0.1, -0.05) is 20.3 Å². The molecular formula is C13H18IN5. The van der Waals surface area contributed by atoms with Gasteiger partial charge >= 0.3 is 0 Å². The molecule has 19 heavy (non-hydrogen) atoms. The molecule has 0 amide bonds. The van der Waals surface area contributed by atoms with Crippen molar-refractivity contribution >= 4 is 28.4 Å². The summed E-state index contributed by atoms with van der Waals surface area (Å²) in [5, 5.41) is 4.30. The Kier molecular flexibility index (Phi) is 4.73. The van der Waals surface area contributed by atoms with Gasteiger partial charge in [0.05, 0.1) is 21.0 Å². The van der Waals surface area contributed by atoms with Crippen LogP contribution in [0, 0.1) is 3.57 Å². The second-order valence-electron chi connectivity index (χ2n) is 4.44. The molecule has 0 fully saturated rings. The van der Waals surface area contributed by atoms with Crippen LogP contribution in [0.4, 0.5) is 5.82 Å². The van der Waals surface area contributed by atoms with Crippen LogP contribution in [0.3, 0.4) is 0 Å². The summed E-state index contributed by atoms with van der Waals surface area (Å²) in [7, 11) is 0. The van der Waals surface area contributed by atoms with Gasteiger partial charge in [0.2, 0.25) is 0 Å². The van der Waals surface area contributed by atoms with Gasteiger partial charge in [-0.15, -0.1) is 0 Å². The highest BCUT2D eigenvalue weighted by atomic mass is 127. The molecule has 0 spiro atoms. The first-order valence-corrected chi connectivity index (χ1v) is 7.58. The highest BCUT2D eigenvalue weighted by Crippen LogP contribution is 2.22. The van der Waals surface area contributed by atoms with Gasteiger partial charge in [0, 0.05) is 12.7 Å². The van der Waals surface area contributed by atoms with Gasteiger partial charge in [-0.05, 0) is 35.4 Å². The molecule has 0 saturated heterocycles. The van der Waals surface area contributed by atoms with E-state index in [9.17, 15) is 0 Å². The predicted molar refractivity (Wildman–Crippen MR) is 84.7 cm³/mol. The van der Waals surface area contributed by atoms with Crippen LogP contribution in [0.1, 0.15) is 32.4 Å². The zero-order valence-corrected chi connectivity index (χ0v) is 13.4. The largest absolute Gasteiger partial charge is 0.383 e. The second kappa shape index (κ2) is 6.31. The lowest BCUT2D eigenvalue weighted by molar-refractivity contribution is 0.603. The van der Waals surface area contributed by atoms with E-state index in [1.54, 1.807) is 6.20 Å². The quantitative estimate of drug-likeness (QED) is 0.821. The Morgan fingerprint density at radius 2 is 2.05 bits per heavy atom. The summed E-state index contributed by atoms with van der Waals surface area (Å²) in [6.07, 6.45) is 6.79. The molecule has 0 radical (unpaired) electrons. The molecule has 0 aliphatic heterocycles. The van der Waals surface area contributed by atoms with E-state index < -0.39 is 0 Å². The fourth-order valence-corrected chi connectivity index (χ4v) is 2.39. The molecule has 0 aliphatic carbocycles. The SMILES string of the molecule is CCCc1nc(-c2cnn(CCC)c2)nc(N)c1I. The van der Waals surface area contributed by atoms with E-state index in [1.807, 2.05) is 10.9 Å². The Balaban J connectivity index is 2.37. The van der Waals surface area contributed by atoms with E-state index in [1.165, 1.54) is 0 Å². The third kappa shape index (κ3) is 3.23. The molecular weight excluding hydrogens is 353 g/mol. The monoisotopic (exact) mass is 371 g/mol. The van der Waals surface area contributed by atoms with Gasteiger partial charge in [0.25, 0.3) is 0 Å². The minimum atomic E-state index is 0.553. The van der Waals surface area contributed by atoms with Gasteiger partial charge in [0.1, 0.15) is 5.82 Å². The van der Waals surface area contributed by atoms with Crippen molar-refractivity contribution in [2.75, 3.05) is 5.73 Å².